The van der Waals surface area contributed by atoms with Crippen molar-refractivity contribution in [2.24, 2.45) is 0 Å². The Morgan fingerprint density at radius 1 is 1.43 bits per heavy atom. The van der Waals surface area contributed by atoms with Crippen LogP contribution in [0.25, 0.3) is 0 Å². The normalized spacial score (nSPS) is 21.6. The third-order valence-corrected chi connectivity index (χ3v) is 3.49. The summed E-state index contributed by atoms with van der Waals surface area (Å²) in [6.45, 7) is 5.97. The fourth-order valence-corrected chi connectivity index (χ4v) is 2.81. The number of allylic oxidation sites excluding steroid dienone is 1. The zero-order valence-electron chi connectivity index (χ0n) is 8.12. The molecule has 1 nitrogen and oxygen atoms in total. The van der Waals surface area contributed by atoms with E-state index in [9.17, 15) is 4.79 Å². The van der Waals surface area contributed by atoms with Gasteiger partial charge in [0.25, 0.3) is 0 Å². The van der Waals surface area contributed by atoms with E-state index >= 15 is 0 Å². The smallest absolute Gasteiger partial charge is 0.189 e. The Morgan fingerprint density at radius 2 is 2.14 bits per heavy atom. The Hall–Kier alpha value is -1.02. The molecule has 1 aromatic carbocycles. The minimum atomic E-state index is 0.109. The molecule has 1 aromatic rings. The summed E-state index contributed by atoms with van der Waals surface area (Å²) < 4.78 is 0. The number of benzene rings is 1. The molecule has 0 spiro atoms. The first-order valence-electron chi connectivity index (χ1n) is 4.66. The molecule has 0 aromatic heterocycles. The van der Waals surface area contributed by atoms with E-state index in [0.29, 0.717) is 5.25 Å². The lowest BCUT2D eigenvalue weighted by atomic mass is 10.0. The molecular formula is C12H12OS. The molecule has 1 aliphatic rings. The summed E-state index contributed by atoms with van der Waals surface area (Å²) in [6, 6.07) is 7.77. The first kappa shape index (κ1) is 9.53. The third-order valence-electron chi connectivity index (χ3n) is 2.31. The van der Waals surface area contributed by atoms with Gasteiger partial charge in [-0.15, -0.1) is 11.8 Å². The van der Waals surface area contributed by atoms with E-state index < -0.39 is 0 Å². The molecule has 1 unspecified atom stereocenters. The summed E-state index contributed by atoms with van der Waals surface area (Å²) >= 11 is 1.76. The molecule has 0 N–H and O–H groups in total. The number of rotatable bonds is 0. The topological polar surface area (TPSA) is 17.1 Å². The lowest BCUT2D eigenvalue weighted by molar-refractivity contribution is 0.102. The van der Waals surface area contributed by atoms with Crippen molar-refractivity contribution < 1.29 is 4.79 Å². The SMILES string of the molecule is C=C1CC(C)Sc2ccccc2C1=O. The summed E-state index contributed by atoms with van der Waals surface area (Å²) in [5.41, 5.74) is 1.54. The van der Waals surface area contributed by atoms with Crippen LogP contribution >= 0.6 is 11.8 Å². The highest BCUT2D eigenvalue weighted by Gasteiger charge is 2.22. The molecular weight excluding hydrogens is 192 g/mol. The van der Waals surface area contributed by atoms with Gasteiger partial charge in [-0.2, -0.15) is 0 Å². The molecule has 0 bridgehead atoms. The lowest BCUT2D eigenvalue weighted by Crippen LogP contribution is -2.03. The molecule has 0 aliphatic carbocycles. The van der Waals surface area contributed by atoms with Crippen LogP contribution in [-0.2, 0) is 0 Å². The van der Waals surface area contributed by atoms with Crippen molar-refractivity contribution in [3.05, 3.63) is 42.0 Å². The van der Waals surface area contributed by atoms with E-state index in [0.717, 1.165) is 22.5 Å². The average molecular weight is 204 g/mol. The fourth-order valence-electron chi connectivity index (χ4n) is 1.65. The maximum absolute atomic E-state index is 11.9. The van der Waals surface area contributed by atoms with Crippen LogP contribution in [0.2, 0.25) is 0 Å². The minimum absolute atomic E-state index is 0.109. The van der Waals surface area contributed by atoms with Crippen LogP contribution in [0.4, 0.5) is 0 Å². The maximum Gasteiger partial charge on any atom is 0.189 e. The fraction of sp³-hybridized carbons (Fsp3) is 0.250. The number of fused-ring (bicyclic) bond motifs is 1. The van der Waals surface area contributed by atoms with E-state index in [1.807, 2.05) is 24.3 Å². The van der Waals surface area contributed by atoms with Gasteiger partial charge in [-0.3, -0.25) is 4.79 Å². The number of carbonyl (C=O) groups excluding carboxylic acids is 1. The standard InChI is InChI=1S/C12H12OS/c1-8-7-9(2)14-11-6-4-3-5-10(11)12(8)13/h3-6,9H,1,7H2,2H3. The summed E-state index contributed by atoms with van der Waals surface area (Å²) in [7, 11) is 0. The van der Waals surface area contributed by atoms with Crippen LogP contribution < -0.4 is 0 Å². The average Bonchev–Trinajstić information content (AvgIpc) is 2.26. The highest BCUT2D eigenvalue weighted by atomic mass is 32.2. The summed E-state index contributed by atoms with van der Waals surface area (Å²) in [5.74, 6) is 0.109. The Morgan fingerprint density at radius 3 is 2.93 bits per heavy atom. The van der Waals surface area contributed by atoms with Crippen molar-refractivity contribution in [3.63, 3.8) is 0 Å². The first-order valence-corrected chi connectivity index (χ1v) is 5.54. The monoisotopic (exact) mass is 204 g/mol. The molecule has 0 amide bonds. The van der Waals surface area contributed by atoms with Gasteiger partial charge in [-0.25, -0.2) is 0 Å². The predicted molar refractivity (Wildman–Crippen MR) is 59.8 cm³/mol. The van der Waals surface area contributed by atoms with Crippen molar-refractivity contribution in [3.8, 4) is 0 Å². The van der Waals surface area contributed by atoms with Gasteiger partial charge in [-0.05, 0) is 24.1 Å². The van der Waals surface area contributed by atoms with Crippen molar-refractivity contribution in [1.29, 1.82) is 0 Å². The predicted octanol–water partition coefficient (Wildman–Crippen LogP) is 3.31. The molecule has 14 heavy (non-hydrogen) atoms. The molecule has 72 valence electrons. The van der Waals surface area contributed by atoms with Gasteiger partial charge in [-0.1, -0.05) is 25.6 Å². The lowest BCUT2D eigenvalue weighted by Gasteiger charge is -2.06. The van der Waals surface area contributed by atoms with E-state index in [4.69, 9.17) is 0 Å². The molecule has 0 saturated carbocycles. The number of carbonyl (C=O) groups is 1. The van der Waals surface area contributed by atoms with Gasteiger partial charge in [0.05, 0.1) is 0 Å². The van der Waals surface area contributed by atoms with Gasteiger partial charge in [0.2, 0.25) is 0 Å². The zero-order chi connectivity index (χ0) is 10.1. The van der Waals surface area contributed by atoms with Crippen LogP contribution in [0.5, 0.6) is 0 Å². The summed E-state index contributed by atoms with van der Waals surface area (Å²) in [6.07, 6.45) is 0.790. The van der Waals surface area contributed by atoms with E-state index in [-0.39, 0.29) is 5.78 Å². The van der Waals surface area contributed by atoms with Crippen LogP contribution in [0.1, 0.15) is 23.7 Å². The second kappa shape index (κ2) is 3.62. The highest BCUT2D eigenvalue weighted by Crippen LogP contribution is 2.34. The minimum Gasteiger partial charge on any atom is -0.289 e. The molecule has 2 heteroatoms. The molecule has 0 fully saturated rings. The van der Waals surface area contributed by atoms with Gasteiger partial charge < -0.3 is 0 Å². The van der Waals surface area contributed by atoms with Crippen molar-refractivity contribution in [2.75, 3.05) is 0 Å². The highest BCUT2D eigenvalue weighted by molar-refractivity contribution is 8.00. The van der Waals surface area contributed by atoms with Crippen LogP contribution in [0, 0.1) is 0 Å². The number of hydrogen-bond acceptors (Lipinski definition) is 2. The third kappa shape index (κ3) is 1.62. The number of thioether (sulfide) groups is 1. The van der Waals surface area contributed by atoms with Gasteiger partial charge in [0.1, 0.15) is 0 Å². The van der Waals surface area contributed by atoms with Crippen molar-refractivity contribution in [2.45, 2.75) is 23.5 Å². The number of Topliss-reactive ketones (excluding diaryl/α,β-unsaturated/α-hetero) is 1. The number of hydrogen-bond donors (Lipinski definition) is 0. The van der Waals surface area contributed by atoms with E-state index in [1.54, 1.807) is 11.8 Å². The van der Waals surface area contributed by atoms with Crippen LogP contribution in [-0.4, -0.2) is 11.0 Å². The Balaban J connectivity index is 2.52. The second-order valence-corrected chi connectivity index (χ2v) is 5.04. The molecule has 2 rings (SSSR count). The van der Waals surface area contributed by atoms with Crippen molar-refractivity contribution in [1.82, 2.24) is 0 Å². The van der Waals surface area contributed by atoms with Gasteiger partial charge in [0, 0.05) is 15.7 Å². The Kier molecular flexibility index (Phi) is 2.46. The molecule has 1 atom stereocenters. The van der Waals surface area contributed by atoms with Crippen LogP contribution in [0.3, 0.4) is 0 Å². The van der Waals surface area contributed by atoms with Gasteiger partial charge >= 0.3 is 0 Å². The summed E-state index contributed by atoms with van der Waals surface area (Å²) in [4.78, 5) is 13.0. The second-order valence-electron chi connectivity index (χ2n) is 3.56. The van der Waals surface area contributed by atoms with E-state index in [1.165, 1.54) is 0 Å². The summed E-state index contributed by atoms with van der Waals surface area (Å²) in [5, 5.41) is 0.440. The largest absolute Gasteiger partial charge is 0.289 e. The van der Waals surface area contributed by atoms with Crippen molar-refractivity contribution >= 4 is 17.5 Å². The molecule has 1 aliphatic heterocycles. The number of ketones is 1. The molecule has 0 saturated heterocycles. The quantitative estimate of drug-likeness (QED) is 0.603. The van der Waals surface area contributed by atoms with E-state index in [2.05, 4.69) is 13.5 Å². The zero-order valence-corrected chi connectivity index (χ0v) is 8.93. The Bertz CT molecular complexity index is 395. The first-order chi connectivity index (χ1) is 6.68. The molecule has 1 heterocycles. The Labute approximate surface area is 88.2 Å². The molecule has 0 radical (unpaired) electrons. The van der Waals surface area contributed by atoms with Crippen LogP contribution in [0.15, 0.2) is 41.3 Å². The van der Waals surface area contributed by atoms with Gasteiger partial charge in [0.15, 0.2) is 5.78 Å². The maximum atomic E-state index is 11.9.